The Morgan fingerprint density at radius 2 is 0.659 bits per heavy atom. The van der Waals surface area contributed by atoms with Crippen LogP contribution in [0.3, 0.4) is 0 Å². The van der Waals surface area contributed by atoms with E-state index in [1.165, 1.54) is 167 Å². The van der Waals surface area contributed by atoms with Gasteiger partial charge >= 0.3 is 119 Å². The number of unbranched alkanes of at least 4 members (excludes halogenated alkanes) is 28. The second-order valence-corrected chi connectivity index (χ2v) is 16.1. The summed E-state index contributed by atoms with van der Waals surface area (Å²) in [7, 11) is 0. The molecule has 0 aliphatic carbocycles. The van der Waals surface area contributed by atoms with Crippen molar-refractivity contribution in [2.24, 2.45) is 0 Å². The normalized spacial score (nSPS) is 10.4. The molecular formula is C35H70O4Zn2. The molecule has 0 aromatic heterocycles. The largest absolute Gasteiger partial charge is 2.00 e. The van der Waals surface area contributed by atoms with Crippen molar-refractivity contribution in [1.29, 1.82) is 0 Å². The minimum atomic E-state index is -3.34. The zero-order valence-corrected chi connectivity index (χ0v) is 34.1. The van der Waals surface area contributed by atoms with Crippen LogP contribution in [0.15, 0.2) is 0 Å². The van der Waals surface area contributed by atoms with Crippen LogP contribution in [0.5, 0.6) is 0 Å². The van der Waals surface area contributed by atoms with E-state index in [9.17, 15) is 17.4 Å². The van der Waals surface area contributed by atoms with Gasteiger partial charge in [0.25, 0.3) is 0 Å². The van der Waals surface area contributed by atoms with E-state index in [4.69, 9.17) is 0 Å². The maximum Gasteiger partial charge on any atom is 2.00 e. The maximum absolute atomic E-state index is 10.5. The predicted octanol–water partition coefficient (Wildman–Crippen LogP) is 10.5. The molecule has 0 aromatic rings. The predicted molar refractivity (Wildman–Crippen MR) is 165 cm³/mol. The van der Waals surface area contributed by atoms with Crippen molar-refractivity contribution in [3.63, 3.8) is 0 Å². The van der Waals surface area contributed by atoms with E-state index in [2.05, 4.69) is 13.8 Å². The third kappa shape index (κ3) is 50.4. The molecule has 0 saturated carbocycles. The minimum absolute atomic E-state index is 0. The van der Waals surface area contributed by atoms with Crippen molar-refractivity contribution in [3.05, 3.63) is 0 Å². The Kier molecular flexibility index (Phi) is 47.7. The molecule has 0 spiro atoms. The molecule has 0 N–H and O–H groups in total. The summed E-state index contributed by atoms with van der Waals surface area (Å²) in [5.41, 5.74) is 0. The molecule has 238 valence electrons. The molecule has 0 aromatic carbocycles. The molecule has 0 amide bonds. The topological polar surface area (TPSA) is 80.3 Å². The molecule has 0 radical (unpaired) electrons. The number of aliphatic carboxylic acids is 1. The van der Waals surface area contributed by atoms with Crippen LogP contribution in [-0.2, 0) is 44.1 Å². The number of carboxylic acid groups (broad SMARTS) is 1. The molecule has 4 nitrogen and oxygen atoms in total. The van der Waals surface area contributed by atoms with Crippen molar-refractivity contribution in [2.45, 2.75) is 218 Å². The SMILES string of the molecule is CCCCCCCCCCCCCCCCCC(=O)[O-].CCCCCCCCCCCCCCCC[CH2][Zn](=[O])[O-].[Zn+2]. The molecule has 0 unspecified atom stereocenters. The van der Waals surface area contributed by atoms with Gasteiger partial charge in [-0.1, -0.05) is 129 Å². The number of hydrogen-bond acceptors (Lipinski definition) is 4. The summed E-state index contributed by atoms with van der Waals surface area (Å²) in [6.07, 6.45) is 39.9. The first-order valence-corrected chi connectivity index (χ1v) is 22.8. The van der Waals surface area contributed by atoms with Crippen molar-refractivity contribution in [1.82, 2.24) is 0 Å². The summed E-state index contributed by atoms with van der Waals surface area (Å²) in [6, 6.07) is 0. The molecule has 0 aliphatic rings. The quantitative estimate of drug-likeness (QED) is 0.0521. The first kappa shape index (κ1) is 45.9. The summed E-state index contributed by atoms with van der Waals surface area (Å²) in [6.45, 7) is 4.54. The van der Waals surface area contributed by atoms with Gasteiger partial charge in [-0.25, -0.2) is 0 Å². The van der Waals surface area contributed by atoms with Gasteiger partial charge in [-0.3, -0.25) is 0 Å². The summed E-state index contributed by atoms with van der Waals surface area (Å²) in [5, 5.41) is 10.7. The number of carbonyl (C=O) groups is 1. The van der Waals surface area contributed by atoms with E-state index in [0.717, 1.165) is 25.7 Å². The molecule has 0 saturated heterocycles. The maximum atomic E-state index is 10.5. The Labute approximate surface area is 275 Å². The number of rotatable bonds is 32. The van der Waals surface area contributed by atoms with Gasteiger partial charge in [-0.05, 0) is 12.8 Å². The van der Waals surface area contributed by atoms with E-state index < -0.39 is 22.2 Å². The minimum Gasteiger partial charge on any atom is 2.00 e. The van der Waals surface area contributed by atoms with Gasteiger partial charge in [0.1, 0.15) is 0 Å². The van der Waals surface area contributed by atoms with E-state index >= 15 is 0 Å². The summed E-state index contributed by atoms with van der Waals surface area (Å²) >= 11 is -3.34. The second kappa shape index (κ2) is 42.6. The zero-order chi connectivity index (χ0) is 29.8. The number of carboxylic acids is 1. The Hall–Kier alpha value is 0.477. The van der Waals surface area contributed by atoms with E-state index in [0.29, 0.717) is 5.02 Å². The fourth-order valence-electron chi connectivity index (χ4n) is 5.39. The van der Waals surface area contributed by atoms with Gasteiger partial charge in [0.05, 0.1) is 0 Å². The molecule has 0 fully saturated rings. The van der Waals surface area contributed by atoms with Gasteiger partial charge in [0, 0.05) is 5.97 Å². The molecule has 41 heavy (non-hydrogen) atoms. The van der Waals surface area contributed by atoms with Crippen LogP contribution in [0.2, 0.25) is 5.02 Å². The number of carbonyl (C=O) groups excluding carboxylic acids is 1. The van der Waals surface area contributed by atoms with E-state index in [1.54, 1.807) is 0 Å². The summed E-state index contributed by atoms with van der Waals surface area (Å²) in [4.78, 5) is 10.2. The van der Waals surface area contributed by atoms with Crippen molar-refractivity contribution in [3.8, 4) is 0 Å². The number of hydrogen-bond donors (Lipinski definition) is 0. The Morgan fingerprint density at radius 3 is 0.878 bits per heavy atom. The average Bonchev–Trinajstić information content (AvgIpc) is 2.93. The average molecular weight is 686 g/mol. The Morgan fingerprint density at radius 1 is 0.439 bits per heavy atom. The second-order valence-electron chi connectivity index (χ2n) is 12.4. The summed E-state index contributed by atoms with van der Waals surface area (Å²) in [5.74, 6) is -0.903. The van der Waals surface area contributed by atoms with Crippen molar-refractivity contribution >= 4 is 5.97 Å². The van der Waals surface area contributed by atoms with Gasteiger partial charge < -0.3 is 9.90 Å². The molecule has 0 bridgehead atoms. The molecule has 0 atom stereocenters. The van der Waals surface area contributed by atoms with Crippen LogP contribution < -0.4 is 9.04 Å². The Bertz CT molecular complexity index is 459. The van der Waals surface area contributed by atoms with Crippen LogP contribution in [0.4, 0.5) is 0 Å². The smallest absolute Gasteiger partial charge is 2.00 e. The molecule has 6 heteroatoms. The van der Waals surface area contributed by atoms with Crippen LogP contribution in [0, 0.1) is 0 Å². The van der Waals surface area contributed by atoms with Crippen LogP contribution >= 0.6 is 0 Å². The fourth-order valence-corrected chi connectivity index (χ4v) is 6.99. The molecule has 0 aliphatic heterocycles. The van der Waals surface area contributed by atoms with Gasteiger partial charge in [0.15, 0.2) is 0 Å². The van der Waals surface area contributed by atoms with Gasteiger partial charge in [-0.15, -0.1) is 0 Å². The summed E-state index contributed by atoms with van der Waals surface area (Å²) < 4.78 is 21.0. The van der Waals surface area contributed by atoms with E-state index in [1.807, 2.05) is 0 Å². The zero-order valence-electron chi connectivity index (χ0n) is 28.2. The van der Waals surface area contributed by atoms with Crippen LogP contribution in [0.1, 0.15) is 213 Å². The molecule has 0 rings (SSSR count). The first-order chi connectivity index (χ1) is 19.5. The van der Waals surface area contributed by atoms with Crippen LogP contribution in [0.25, 0.3) is 0 Å². The molecular weight excluding hydrogens is 615 g/mol. The van der Waals surface area contributed by atoms with Crippen LogP contribution in [-0.4, -0.2) is 5.97 Å². The Balaban J connectivity index is -0.000000688. The fraction of sp³-hybridized carbons (Fsp3) is 0.971. The van der Waals surface area contributed by atoms with E-state index in [-0.39, 0.29) is 25.9 Å². The first-order valence-electron chi connectivity index (χ1n) is 18.3. The van der Waals surface area contributed by atoms with Crippen molar-refractivity contribution in [2.75, 3.05) is 0 Å². The third-order valence-electron chi connectivity index (χ3n) is 8.13. The molecule has 0 heterocycles. The monoisotopic (exact) mass is 682 g/mol. The van der Waals surface area contributed by atoms with Gasteiger partial charge in [-0.2, -0.15) is 0 Å². The van der Waals surface area contributed by atoms with Gasteiger partial charge in [0.2, 0.25) is 0 Å². The van der Waals surface area contributed by atoms with Crippen molar-refractivity contribution < 1.29 is 53.1 Å². The third-order valence-corrected chi connectivity index (χ3v) is 10.4. The standard InChI is InChI=1S/C18H36O2.C17H35.2O.2Zn/c1-2-3-4-5-6-7-8-9-10-11-12-13-14-15-16-17-18(19)20;1-3-5-7-9-11-13-15-17-16-14-12-10-8-6-4-2;;;;/h2-17H2,1H3,(H,19,20);1,3-17H2,2H3;;;;/q;;;-1;;+2/p-1.